The van der Waals surface area contributed by atoms with Gasteiger partial charge < -0.3 is 9.88 Å². The number of hydrogen-bond donors (Lipinski definition) is 1. The third kappa shape index (κ3) is 3.19. The smallest absolute Gasteiger partial charge is 0.159 e. The largest absolute Gasteiger partial charge is 0.314 e. The highest BCUT2D eigenvalue weighted by atomic mass is 15.3. The molecular formula is C21H20N6. The molecule has 0 fully saturated rings. The Morgan fingerprint density at radius 2 is 1.78 bits per heavy atom. The van der Waals surface area contributed by atoms with E-state index in [-0.39, 0.29) is 0 Å². The van der Waals surface area contributed by atoms with Crippen molar-refractivity contribution in [1.82, 2.24) is 30.0 Å². The maximum Gasteiger partial charge on any atom is 0.159 e. The van der Waals surface area contributed by atoms with Gasteiger partial charge in [-0.05, 0) is 23.3 Å². The number of fused-ring (bicyclic) bond motifs is 2. The molecule has 3 heterocycles. The molecule has 0 spiro atoms. The number of rotatable bonds is 5. The first kappa shape index (κ1) is 16.1. The topological polar surface area (TPSA) is 68.5 Å². The Balaban J connectivity index is 1.25. The lowest BCUT2D eigenvalue weighted by Crippen LogP contribution is -2.16. The van der Waals surface area contributed by atoms with Crippen LogP contribution in [0.4, 0.5) is 0 Å². The second-order valence-electron chi connectivity index (χ2n) is 6.87. The lowest BCUT2D eigenvalue weighted by molar-refractivity contribution is 0.608. The number of aromatic nitrogens is 5. The van der Waals surface area contributed by atoms with Crippen LogP contribution in [0.5, 0.6) is 0 Å². The number of nitrogens with one attached hydrogen (secondary N) is 1. The summed E-state index contributed by atoms with van der Waals surface area (Å²) < 4.78 is 2.21. The molecule has 5 rings (SSSR count). The standard InChI is InChI=1S/C21H20N6/c1-2-5-17-10-18(8-7-16(17)4-1)21-23-12-15(13-24-21)11-22-14-20-26-25-19-6-3-9-27(19)20/h1-2,4-5,7-8,10,12-13,22H,3,6,9,11,14H2. The summed E-state index contributed by atoms with van der Waals surface area (Å²) in [6.07, 6.45) is 5.98. The minimum Gasteiger partial charge on any atom is -0.314 e. The van der Waals surface area contributed by atoms with Gasteiger partial charge in [0, 0.05) is 43.0 Å². The highest BCUT2D eigenvalue weighted by Gasteiger charge is 2.16. The summed E-state index contributed by atoms with van der Waals surface area (Å²) in [7, 11) is 0. The van der Waals surface area contributed by atoms with Crippen LogP contribution in [-0.4, -0.2) is 24.7 Å². The number of benzene rings is 2. The molecule has 2 aromatic carbocycles. The van der Waals surface area contributed by atoms with Gasteiger partial charge in [-0.25, -0.2) is 9.97 Å². The van der Waals surface area contributed by atoms with Gasteiger partial charge in [-0.3, -0.25) is 0 Å². The second-order valence-corrected chi connectivity index (χ2v) is 6.87. The fourth-order valence-corrected chi connectivity index (χ4v) is 3.58. The molecule has 0 unspecified atom stereocenters. The van der Waals surface area contributed by atoms with E-state index in [1.165, 1.54) is 17.2 Å². The zero-order valence-corrected chi connectivity index (χ0v) is 15.0. The number of hydrogen-bond acceptors (Lipinski definition) is 5. The molecule has 0 amide bonds. The third-order valence-corrected chi connectivity index (χ3v) is 5.01. The van der Waals surface area contributed by atoms with Crippen molar-refractivity contribution in [1.29, 1.82) is 0 Å². The highest BCUT2D eigenvalue weighted by molar-refractivity contribution is 5.86. The highest BCUT2D eigenvalue weighted by Crippen LogP contribution is 2.21. The van der Waals surface area contributed by atoms with E-state index in [4.69, 9.17) is 0 Å². The molecule has 2 aromatic heterocycles. The van der Waals surface area contributed by atoms with Crippen LogP contribution in [0.25, 0.3) is 22.2 Å². The van der Waals surface area contributed by atoms with Crippen molar-refractivity contribution < 1.29 is 0 Å². The average Bonchev–Trinajstić information content (AvgIpc) is 3.33. The van der Waals surface area contributed by atoms with Crippen molar-refractivity contribution in [3.05, 3.63) is 72.1 Å². The van der Waals surface area contributed by atoms with Crippen molar-refractivity contribution >= 4 is 10.8 Å². The molecule has 4 aromatic rings. The van der Waals surface area contributed by atoms with Gasteiger partial charge in [-0.1, -0.05) is 36.4 Å². The third-order valence-electron chi connectivity index (χ3n) is 5.01. The molecule has 1 aliphatic heterocycles. The van der Waals surface area contributed by atoms with Crippen LogP contribution in [0.1, 0.15) is 23.6 Å². The van der Waals surface area contributed by atoms with Gasteiger partial charge in [0.05, 0.1) is 6.54 Å². The van der Waals surface area contributed by atoms with Crippen molar-refractivity contribution in [2.45, 2.75) is 32.5 Å². The Morgan fingerprint density at radius 3 is 2.67 bits per heavy atom. The van der Waals surface area contributed by atoms with E-state index >= 15 is 0 Å². The van der Waals surface area contributed by atoms with Crippen LogP contribution in [0.3, 0.4) is 0 Å². The zero-order chi connectivity index (χ0) is 18.1. The van der Waals surface area contributed by atoms with E-state index in [0.717, 1.165) is 41.6 Å². The monoisotopic (exact) mass is 356 g/mol. The van der Waals surface area contributed by atoms with Gasteiger partial charge in [0.1, 0.15) is 11.6 Å². The lowest BCUT2D eigenvalue weighted by atomic mass is 10.1. The first-order valence-electron chi connectivity index (χ1n) is 9.28. The van der Waals surface area contributed by atoms with Crippen LogP contribution in [-0.2, 0) is 26.1 Å². The van der Waals surface area contributed by atoms with Crippen LogP contribution in [0, 0.1) is 0 Å². The summed E-state index contributed by atoms with van der Waals surface area (Å²) in [6, 6.07) is 14.6. The second kappa shape index (κ2) is 6.89. The Hall–Kier alpha value is -3.12. The van der Waals surface area contributed by atoms with E-state index < -0.39 is 0 Å². The molecule has 27 heavy (non-hydrogen) atoms. The molecule has 0 saturated carbocycles. The molecule has 134 valence electrons. The van der Waals surface area contributed by atoms with Crippen LogP contribution in [0.15, 0.2) is 54.9 Å². The molecule has 0 radical (unpaired) electrons. The fourth-order valence-electron chi connectivity index (χ4n) is 3.58. The first-order valence-corrected chi connectivity index (χ1v) is 9.28. The maximum atomic E-state index is 4.54. The van der Waals surface area contributed by atoms with E-state index in [9.17, 15) is 0 Å². The summed E-state index contributed by atoms with van der Waals surface area (Å²) in [5.41, 5.74) is 2.09. The average molecular weight is 356 g/mol. The normalized spacial score (nSPS) is 13.2. The molecule has 0 aliphatic carbocycles. The van der Waals surface area contributed by atoms with E-state index in [1.54, 1.807) is 0 Å². The molecule has 0 saturated heterocycles. The Labute approximate surface area is 157 Å². The minimum atomic E-state index is 0.708. The van der Waals surface area contributed by atoms with Crippen molar-refractivity contribution in [2.75, 3.05) is 0 Å². The van der Waals surface area contributed by atoms with Gasteiger partial charge >= 0.3 is 0 Å². The summed E-state index contributed by atoms with van der Waals surface area (Å²) >= 11 is 0. The van der Waals surface area contributed by atoms with Gasteiger partial charge in [0.25, 0.3) is 0 Å². The van der Waals surface area contributed by atoms with Gasteiger partial charge in [-0.15, -0.1) is 10.2 Å². The molecule has 1 aliphatic rings. The van der Waals surface area contributed by atoms with Crippen LogP contribution in [0.2, 0.25) is 0 Å². The van der Waals surface area contributed by atoms with Crippen molar-refractivity contribution in [3.63, 3.8) is 0 Å². The summed E-state index contributed by atoms with van der Waals surface area (Å²) in [6.45, 7) is 2.45. The lowest BCUT2D eigenvalue weighted by Gasteiger charge is -2.06. The Morgan fingerprint density at radius 1 is 0.926 bits per heavy atom. The Kier molecular flexibility index (Phi) is 4.10. The predicted molar refractivity (Wildman–Crippen MR) is 104 cm³/mol. The maximum absolute atomic E-state index is 4.54. The Bertz CT molecular complexity index is 1080. The molecule has 0 bridgehead atoms. The van der Waals surface area contributed by atoms with Gasteiger partial charge in [0.2, 0.25) is 0 Å². The summed E-state index contributed by atoms with van der Waals surface area (Å²) in [4.78, 5) is 9.09. The van der Waals surface area contributed by atoms with E-state index in [1.807, 2.05) is 24.5 Å². The van der Waals surface area contributed by atoms with E-state index in [2.05, 4.69) is 60.4 Å². The zero-order valence-electron chi connectivity index (χ0n) is 15.0. The van der Waals surface area contributed by atoms with Crippen LogP contribution >= 0.6 is 0 Å². The van der Waals surface area contributed by atoms with Gasteiger partial charge in [-0.2, -0.15) is 0 Å². The first-order chi connectivity index (χ1) is 13.4. The van der Waals surface area contributed by atoms with Gasteiger partial charge in [0.15, 0.2) is 5.82 Å². The SMILES string of the molecule is c1ccc2cc(-c3ncc(CNCc4nnc5n4CCC5)cn3)ccc2c1. The van der Waals surface area contributed by atoms with Crippen molar-refractivity contribution in [2.24, 2.45) is 0 Å². The minimum absolute atomic E-state index is 0.708. The predicted octanol–water partition coefficient (Wildman–Crippen LogP) is 3.12. The van der Waals surface area contributed by atoms with Crippen molar-refractivity contribution in [3.8, 4) is 11.4 Å². The fraction of sp³-hybridized carbons (Fsp3) is 0.238. The molecule has 1 N–H and O–H groups in total. The quantitative estimate of drug-likeness (QED) is 0.595. The molecular weight excluding hydrogens is 336 g/mol. The van der Waals surface area contributed by atoms with E-state index in [0.29, 0.717) is 13.1 Å². The molecule has 0 atom stereocenters. The van der Waals surface area contributed by atoms with Crippen LogP contribution < -0.4 is 5.32 Å². The number of aryl methyl sites for hydroxylation is 1. The molecule has 6 nitrogen and oxygen atoms in total. The summed E-state index contributed by atoms with van der Waals surface area (Å²) in [5.74, 6) is 2.87. The number of nitrogens with zero attached hydrogens (tertiary/aromatic N) is 5. The molecule has 6 heteroatoms. The summed E-state index contributed by atoms with van der Waals surface area (Å²) in [5, 5.41) is 14.3.